The Morgan fingerprint density at radius 1 is 0.405 bits per heavy atom. The largest absolute Gasteiger partial charge is 0.135 e. The van der Waals surface area contributed by atoms with E-state index in [4.69, 9.17) is 0 Å². The summed E-state index contributed by atoms with van der Waals surface area (Å²) in [6.07, 6.45) is 0. The molecule has 0 spiro atoms. The maximum Gasteiger partial charge on any atom is 0.0433 e. The second-order valence-electron chi connectivity index (χ2n) is 11.4. The Morgan fingerprint density at radius 2 is 0.976 bits per heavy atom. The van der Waals surface area contributed by atoms with Crippen LogP contribution in [0.1, 0.15) is 5.56 Å². The molecule has 0 nitrogen and oxygen atoms in total. The van der Waals surface area contributed by atoms with Crippen molar-refractivity contribution in [1.82, 2.24) is 0 Å². The van der Waals surface area contributed by atoms with Gasteiger partial charge in [-0.05, 0) is 84.8 Å². The van der Waals surface area contributed by atoms with Crippen molar-refractivity contribution in [3.8, 4) is 33.4 Å². The van der Waals surface area contributed by atoms with E-state index in [9.17, 15) is 0 Å². The summed E-state index contributed by atoms with van der Waals surface area (Å²) in [7, 11) is 0. The van der Waals surface area contributed by atoms with Gasteiger partial charge in [-0.25, -0.2) is 0 Å². The van der Waals surface area contributed by atoms with Crippen molar-refractivity contribution in [2.75, 3.05) is 0 Å². The van der Waals surface area contributed by atoms with Crippen molar-refractivity contribution in [2.45, 2.75) is 6.92 Å². The van der Waals surface area contributed by atoms with Crippen LogP contribution in [-0.4, -0.2) is 0 Å². The molecule has 0 radical (unpaired) electrons. The fourth-order valence-electron chi connectivity index (χ4n) is 6.85. The van der Waals surface area contributed by atoms with Crippen molar-refractivity contribution < 1.29 is 0 Å². The summed E-state index contributed by atoms with van der Waals surface area (Å²) in [5, 5.41) is 10.6. The molecule has 9 aromatic rings. The molecule has 0 aliphatic rings. The molecule has 0 aliphatic heterocycles. The molecule has 0 saturated carbocycles. The third-order valence-corrected chi connectivity index (χ3v) is 10.1. The first-order valence-electron chi connectivity index (χ1n) is 14.5. The van der Waals surface area contributed by atoms with Crippen LogP contribution in [-0.2, 0) is 0 Å². The predicted octanol–water partition coefficient (Wildman–Crippen LogP) is 12.3. The van der Waals surface area contributed by atoms with E-state index in [2.05, 4.69) is 146 Å². The molecule has 0 bridgehead atoms. The minimum atomic E-state index is 1.24. The standard InChI is InChI=1S/C41H26S/c1-25-12-14-27(15-13-25)36-24-37(34-23-21-30-7-4-6-29-20-22-33(36)40(34)39(29)30)28-18-16-26(17-19-28)31-9-5-10-35-32-8-2-3-11-38(32)42-41(31)35/h2-24H,1H3. The third kappa shape index (κ3) is 3.47. The van der Waals surface area contributed by atoms with Crippen LogP contribution >= 0.6 is 11.3 Å². The fraction of sp³-hybridized carbons (Fsp3) is 0.0244. The van der Waals surface area contributed by atoms with E-state index in [0.29, 0.717) is 0 Å². The van der Waals surface area contributed by atoms with Gasteiger partial charge in [0.1, 0.15) is 0 Å². The molecule has 1 aromatic heterocycles. The fourth-order valence-corrected chi connectivity index (χ4v) is 8.08. The summed E-state index contributed by atoms with van der Waals surface area (Å²) in [4.78, 5) is 0. The monoisotopic (exact) mass is 550 g/mol. The molecule has 0 unspecified atom stereocenters. The average Bonchev–Trinajstić information content (AvgIpc) is 3.43. The number of fused-ring (bicyclic) bond motifs is 3. The van der Waals surface area contributed by atoms with Crippen LogP contribution in [0.4, 0.5) is 0 Å². The molecule has 1 heterocycles. The number of rotatable bonds is 3. The Labute approximate surface area is 248 Å². The summed E-state index contributed by atoms with van der Waals surface area (Å²) in [6.45, 7) is 2.15. The molecule has 0 fully saturated rings. The molecule has 0 amide bonds. The van der Waals surface area contributed by atoms with E-state index in [1.54, 1.807) is 0 Å². The summed E-state index contributed by atoms with van der Waals surface area (Å²) in [5.41, 5.74) is 8.91. The second-order valence-corrected chi connectivity index (χ2v) is 12.4. The predicted molar refractivity (Wildman–Crippen MR) is 184 cm³/mol. The van der Waals surface area contributed by atoms with Crippen molar-refractivity contribution in [3.05, 3.63) is 145 Å². The van der Waals surface area contributed by atoms with Gasteiger partial charge < -0.3 is 0 Å². The van der Waals surface area contributed by atoms with Gasteiger partial charge in [-0.2, -0.15) is 0 Å². The average molecular weight is 551 g/mol. The van der Waals surface area contributed by atoms with Crippen LogP contribution < -0.4 is 0 Å². The molecule has 42 heavy (non-hydrogen) atoms. The Kier molecular flexibility index (Phi) is 5.08. The molecule has 0 aliphatic carbocycles. The highest BCUT2D eigenvalue weighted by atomic mass is 32.1. The maximum atomic E-state index is 2.41. The van der Waals surface area contributed by atoms with Crippen molar-refractivity contribution in [1.29, 1.82) is 0 Å². The van der Waals surface area contributed by atoms with Gasteiger partial charge in [0.15, 0.2) is 0 Å². The highest BCUT2D eigenvalue weighted by Gasteiger charge is 2.17. The Morgan fingerprint density at radius 3 is 1.67 bits per heavy atom. The van der Waals surface area contributed by atoms with E-state index in [1.807, 2.05) is 11.3 Å². The van der Waals surface area contributed by atoms with Crippen LogP contribution in [0.3, 0.4) is 0 Å². The van der Waals surface area contributed by atoms with Gasteiger partial charge in [-0.3, -0.25) is 0 Å². The van der Waals surface area contributed by atoms with E-state index < -0.39 is 0 Å². The molecule has 8 aromatic carbocycles. The minimum Gasteiger partial charge on any atom is -0.135 e. The van der Waals surface area contributed by atoms with Crippen LogP contribution in [0.5, 0.6) is 0 Å². The second kappa shape index (κ2) is 9.01. The topological polar surface area (TPSA) is 0 Å². The van der Waals surface area contributed by atoms with Gasteiger partial charge in [0.05, 0.1) is 0 Å². The molecule has 0 saturated heterocycles. The van der Waals surface area contributed by atoms with Gasteiger partial charge in [0.2, 0.25) is 0 Å². The first-order chi connectivity index (χ1) is 20.7. The van der Waals surface area contributed by atoms with Crippen molar-refractivity contribution in [3.63, 3.8) is 0 Å². The van der Waals surface area contributed by atoms with E-state index in [-0.39, 0.29) is 0 Å². The van der Waals surface area contributed by atoms with Gasteiger partial charge >= 0.3 is 0 Å². The van der Waals surface area contributed by atoms with Gasteiger partial charge in [0.25, 0.3) is 0 Å². The Bertz CT molecular complexity index is 2420. The minimum absolute atomic E-state index is 1.24. The summed E-state index contributed by atoms with van der Waals surface area (Å²) >= 11 is 1.89. The smallest absolute Gasteiger partial charge is 0.0433 e. The Hall–Kier alpha value is -4.98. The first kappa shape index (κ1) is 23.7. The lowest BCUT2D eigenvalue weighted by Crippen LogP contribution is -1.91. The molecule has 196 valence electrons. The SMILES string of the molecule is Cc1ccc(-c2cc(-c3ccc(-c4cccc5c4sc4ccccc45)cc3)c3ccc4cccc5ccc2c3c54)cc1. The number of hydrogen-bond donors (Lipinski definition) is 0. The number of aryl methyl sites for hydroxylation is 1. The van der Waals surface area contributed by atoms with Gasteiger partial charge in [-0.1, -0.05) is 133 Å². The van der Waals surface area contributed by atoms with E-state index in [1.165, 1.54) is 91.4 Å². The molecule has 1 heteroatoms. The zero-order valence-electron chi connectivity index (χ0n) is 23.2. The van der Waals surface area contributed by atoms with E-state index in [0.717, 1.165) is 0 Å². The quantitative estimate of drug-likeness (QED) is 0.192. The van der Waals surface area contributed by atoms with Crippen molar-refractivity contribution >= 4 is 63.8 Å². The van der Waals surface area contributed by atoms with Crippen LogP contribution in [0.2, 0.25) is 0 Å². The molecule has 0 N–H and O–H groups in total. The Balaban J connectivity index is 1.27. The number of thiophene rings is 1. The van der Waals surface area contributed by atoms with Gasteiger partial charge in [-0.15, -0.1) is 11.3 Å². The number of hydrogen-bond acceptors (Lipinski definition) is 1. The maximum absolute atomic E-state index is 2.41. The summed E-state index contributed by atoms with van der Waals surface area (Å²) < 4.78 is 2.70. The molecular formula is C41H26S. The van der Waals surface area contributed by atoms with Crippen LogP contribution in [0.25, 0.3) is 85.9 Å². The summed E-state index contributed by atoms with van der Waals surface area (Å²) in [5.74, 6) is 0. The lowest BCUT2D eigenvalue weighted by molar-refractivity contribution is 1.47. The highest BCUT2D eigenvalue weighted by molar-refractivity contribution is 7.26. The third-order valence-electron chi connectivity index (χ3n) is 8.92. The molecule has 0 atom stereocenters. The molecular weight excluding hydrogens is 525 g/mol. The van der Waals surface area contributed by atoms with Crippen molar-refractivity contribution in [2.24, 2.45) is 0 Å². The first-order valence-corrected chi connectivity index (χ1v) is 15.3. The normalized spacial score (nSPS) is 11.9. The molecule has 9 rings (SSSR count). The van der Waals surface area contributed by atoms with Crippen LogP contribution in [0, 0.1) is 6.92 Å². The highest BCUT2D eigenvalue weighted by Crippen LogP contribution is 2.45. The lowest BCUT2D eigenvalue weighted by Gasteiger charge is -2.18. The summed E-state index contributed by atoms with van der Waals surface area (Å²) in [6, 6.07) is 51.9. The van der Waals surface area contributed by atoms with Crippen LogP contribution in [0.15, 0.2) is 140 Å². The van der Waals surface area contributed by atoms with E-state index >= 15 is 0 Å². The lowest BCUT2D eigenvalue weighted by atomic mass is 9.85. The zero-order valence-corrected chi connectivity index (χ0v) is 24.0. The van der Waals surface area contributed by atoms with Gasteiger partial charge in [0, 0.05) is 20.2 Å². The number of benzene rings is 8. The zero-order chi connectivity index (χ0) is 27.8.